The first kappa shape index (κ1) is 24.6. The number of halogens is 2. The van der Waals surface area contributed by atoms with E-state index in [1.165, 1.54) is 0 Å². The van der Waals surface area contributed by atoms with Gasteiger partial charge in [0.05, 0.1) is 0 Å². The first-order valence-electron chi connectivity index (χ1n) is 8.33. The lowest BCUT2D eigenvalue weighted by Crippen LogP contribution is -2.50. The summed E-state index contributed by atoms with van der Waals surface area (Å²) in [5.74, 6) is 0.230. The van der Waals surface area contributed by atoms with Crippen molar-refractivity contribution in [3.63, 3.8) is 0 Å². The van der Waals surface area contributed by atoms with Crippen molar-refractivity contribution in [1.29, 1.82) is 0 Å². The molecule has 0 aliphatic carbocycles. The summed E-state index contributed by atoms with van der Waals surface area (Å²) in [6.45, 7) is 3.51. The third-order valence-corrected chi connectivity index (χ3v) is 4.24. The third-order valence-electron chi connectivity index (χ3n) is 4.24. The van der Waals surface area contributed by atoms with Gasteiger partial charge in [0.25, 0.3) is 0 Å². The molecule has 2 rings (SSSR count). The fourth-order valence-electron chi connectivity index (χ4n) is 2.87. The first-order chi connectivity index (χ1) is 11.6. The maximum Gasteiger partial charge on any atom is 0.248 e. The fourth-order valence-corrected chi connectivity index (χ4v) is 2.87. The minimum Gasteiger partial charge on any atom is -0.362 e. The fraction of sp³-hybridized carbons (Fsp3) is 0.588. The van der Waals surface area contributed by atoms with E-state index in [0.717, 1.165) is 18.4 Å². The van der Waals surface area contributed by atoms with Gasteiger partial charge >= 0.3 is 0 Å². The molecule has 2 unspecified atom stereocenters. The van der Waals surface area contributed by atoms with E-state index in [2.05, 4.69) is 17.2 Å². The second-order valence-electron chi connectivity index (χ2n) is 6.24. The average molecular weight is 407 g/mol. The molecule has 26 heavy (non-hydrogen) atoms. The van der Waals surface area contributed by atoms with Gasteiger partial charge in [0.15, 0.2) is 0 Å². The van der Waals surface area contributed by atoms with Crippen LogP contribution >= 0.6 is 24.8 Å². The number of ether oxygens (including phenoxy) is 1. The topological polar surface area (TPSA) is 97.5 Å². The molecule has 0 aromatic carbocycles. The standard InChI is InChI=1S/C17H26N4O3.2ClH/c1-13-4-6-21(15(7-13)8-18)17(23)12-24-11-16(22)20-10-14-3-2-5-19-9-14;;/h2-3,5,9,13,15H,4,6-8,10-12,18H2,1H3,(H,20,22);2*1H. The minimum absolute atomic E-state index is 0. The minimum atomic E-state index is -0.255. The molecule has 1 aromatic rings. The van der Waals surface area contributed by atoms with Crippen LogP contribution in [0.4, 0.5) is 0 Å². The van der Waals surface area contributed by atoms with E-state index in [1.54, 1.807) is 17.3 Å². The Morgan fingerprint density at radius 1 is 1.38 bits per heavy atom. The van der Waals surface area contributed by atoms with Crippen LogP contribution in [0.3, 0.4) is 0 Å². The number of carbonyl (C=O) groups is 2. The van der Waals surface area contributed by atoms with Crippen LogP contribution in [-0.4, -0.2) is 54.0 Å². The predicted molar refractivity (Wildman–Crippen MR) is 104 cm³/mol. The molecule has 7 nitrogen and oxygen atoms in total. The number of pyridine rings is 1. The van der Waals surface area contributed by atoms with Gasteiger partial charge < -0.3 is 20.7 Å². The molecule has 0 saturated carbocycles. The smallest absolute Gasteiger partial charge is 0.248 e. The Balaban J connectivity index is 0.00000312. The van der Waals surface area contributed by atoms with Gasteiger partial charge in [-0.25, -0.2) is 0 Å². The normalized spacial score (nSPS) is 19.1. The van der Waals surface area contributed by atoms with E-state index in [-0.39, 0.29) is 55.9 Å². The maximum absolute atomic E-state index is 12.2. The summed E-state index contributed by atoms with van der Waals surface area (Å²) < 4.78 is 5.26. The van der Waals surface area contributed by atoms with Crippen LogP contribution in [0.25, 0.3) is 0 Å². The van der Waals surface area contributed by atoms with Gasteiger partial charge in [0, 0.05) is 38.1 Å². The molecule has 2 heterocycles. The molecule has 148 valence electrons. The molecular formula is C17H28Cl2N4O3. The van der Waals surface area contributed by atoms with Crippen LogP contribution in [-0.2, 0) is 20.9 Å². The number of likely N-dealkylation sites (tertiary alicyclic amines) is 1. The second kappa shape index (κ2) is 12.9. The zero-order chi connectivity index (χ0) is 17.4. The van der Waals surface area contributed by atoms with Crippen LogP contribution in [0, 0.1) is 5.92 Å². The number of amides is 2. The Morgan fingerprint density at radius 3 is 2.81 bits per heavy atom. The lowest BCUT2D eigenvalue weighted by Gasteiger charge is -2.37. The molecular weight excluding hydrogens is 379 g/mol. The summed E-state index contributed by atoms with van der Waals surface area (Å²) >= 11 is 0. The number of nitrogens with two attached hydrogens (primary N) is 1. The van der Waals surface area contributed by atoms with Crippen LogP contribution < -0.4 is 11.1 Å². The number of nitrogens with one attached hydrogen (secondary N) is 1. The largest absolute Gasteiger partial charge is 0.362 e. The van der Waals surface area contributed by atoms with Crippen LogP contribution in [0.5, 0.6) is 0 Å². The SMILES string of the molecule is CC1CCN(C(=O)COCC(=O)NCc2cccnc2)C(CN)C1.Cl.Cl. The number of rotatable bonds is 7. The summed E-state index contributed by atoms with van der Waals surface area (Å²) in [5.41, 5.74) is 6.67. The van der Waals surface area contributed by atoms with Gasteiger partial charge in [-0.3, -0.25) is 14.6 Å². The van der Waals surface area contributed by atoms with Gasteiger partial charge in [-0.2, -0.15) is 0 Å². The highest BCUT2D eigenvalue weighted by Crippen LogP contribution is 2.21. The second-order valence-corrected chi connectivity index (χ2v) is 6.24. The predicted octanol–water partition coefficient (Wildman–Crippen LogP) is 1.14. The van der Waals surface area contributed by atoms with E-state index < -0.39 is 0 Å². The molecule has 2 amide bonds. The summed E-state index contributed by atoms with van der Waals surface area (Å²) in [6, 6.07) is 3.76. The Hall–Kier alpha value is -1.41. The number of hydrogen-bond acceptors (Lipinski definition) is 5. The number of piperidine rings is 1. The molecule has 9 heteroatoms. The van der Waals surface area contributed by atoms with E-state index in [9.17, 15) is 9.59 Å². The van der Waals surface area contributed by atoms with Gasteiger partial charge in [0.1, 0.15) is 13.2 Å². The molecule has 1 aliphatic heterocycles. The van der Waals surface area contributed by atoms with Gasteiger partial charge in [-0.05, 0) is 30.4 Å². The maximum atomic E-state index is 12.2. The lowest BCUT2D eigenvalue weighted by molar-refractivity contribution is -0.141. The molecule has 0 radical (unpaired) electrons. The van der Waals surface area contributed by atoms with Gasteiger partial charge in [-0.15, -0.1) is 24.8 Å². The average Bonchev–Trinajstić information content (AvgIpc) is 2.60. The molecule has 0 bridgehead atoms. The van der Waals surface area contributed by atoms with E-state index in [0.29, 0.717) is 25.6 Å². The number of aromatic nitrogens is 1. The molecule has 3 N–H and O–H groups in total. The van der Waals surface area contributed by atoms with E-state index in [1.807, 2.05) is 12.1 Å². The molecule has 1 aliphatic rings. The van der Waals surface area contributed by atoms with Crippen LogP contribution in [0.15, 0.2) is 24.5 Å². The highest BCUT2D eigenvalue weighted by atomic mass is 35.5. The quantitative estimate of drug-likeness (QED) is 0.707. The summed E-state index contributed by atoms with van der Waals surface area (Å²) in [6.07, 6.45) is 5.27. The zero-order valence-electron chi connectivity index (χ0n) is 14.9. The van der Waals surface area contributed by atoms with Crippen molar-refractivity contribution < 1.29 is 14.3 Å². The lowest BCUT2D eigenvalue weighted by atomic mass is 9.92. The zero-order valence-corrected chi connectivity index (χ0v) is 16.6. The molecule has 1 saturated heterocycles. The van der Waals surface area contributed by atoms with Crippen molar-refractivity contribution in [2.45, 2.75) is 32.4 Å². The third kappa shape index (κ3) is 7.86. The van der Waals surface area contributed by atoms with Crippen LogP contribution in [0.1, 0.15) is 25.3 Å². The van der Waals surface area contributed by atoms with Crippen molar-refractivity contribution in [2.24, 2.45) is 11.7 Å². The monoisotopic (exact) mass is 406 g/mol. The molecule has 2 atom stereocenters. The van der Waals surface area contributed by atoms with Crippen molar-refractivity contribution >= 4 is 36.6 Å². The Bertz CT molecular complexity index is 548. The Labute approximate surface area is 166 Å². The van der Waals surface area contributed by atoms with E-state index in [4.69, 9.17) is 10.5 Å². The molecule has 1 fully saturated rings. The summed E-state index contributed by atoms with van der Waals surface area (Å²) in [7, 11) is 0. The Kier molecular flexibility index (Phi) is 12.2. The number of carbonyl (C=O) groups excluding carboxylic acids is 2. The molecule has 0 spiro atoms. The Morgan fingerprint density at radius 2 is 2.15 bits per heavy atom. The first-order valence-corrected chi connectivity index (χ1v) is 8.33. The highest BCUT2D eigenvalue weighted by Gasteiger charge is 2.28. The number of hydrogen-bond donors (Lipinski definition) is 2. The molecule has 1 aromatic heterocycles. The van der Waals surface area contributed by atoms with Gasteiger partial charge in [-0.1, -0.05) is 13.0 Å². The van der Waals surface area contributed by atoms with E-state index >= 15 is 0 Å². The number of nitrogens with zero attached hydrogens (tertiary/aromatic N) is 2. The summed E-state index contributed by atoms with van der Waals surface area (Å²) in [5, 5.41) is 2.73. The summed E-state index contributed by atoms with van der Waals surface area (Å²) in [4.78, 5) is 29.7. The van der Waals surface area contributed by atoms with Crippen molar-refractivity contribution in [1.82, 2.24) is 15.2 Å². The van der Waals surface area contributed by atoms with Crippen LogP contribution in [0.2, 0.25) is 0 Å². The highest BCUT2D eigenvalue weighted by molar-refractivity contribution is 5.85. The van der Waals surface area contributed by atoms with Crippen molar-refractivity contribution in [2.75, 3.05) is 26.3 Å². The van der Waals surface area contributed by atoms with Crippen molar-refractivity contribution in [3.05, 3.63) is 30.1 Å². The van der Waals surface area contributed by atoms with Gasteiger partial charge in [0.2, 0.25) is 11.8 Å². The van der Waals surface area contributed by atoms with Crippen molar-refractivity contribution in [3.8, 4) is 0 Å².